The molecule has 1 rings (SSSR count). The van der Waals surface area contributed by atoms with E-state index in [0.717, 1.165) is 44.5 Å². The molecular weight excluding hydrogens is 294 g/mol. The highest BCUT2D eigenvalue weighted by Gasteiger charge is 2.15. The molecule has 0 aliphatic heterocycles. The van der Waals surface area contributed by atoms with Crippen LogP contribution >= 0.6 is 0 Å². The molecule has 0 heterocycles. The van der Waals surface area contributed by atoms with Crippen molar-refractivity contribution in [3.63, 3.8) is 0 Å². The van der Waals surface area contributed by atoms with Crippen LogP contribution < -0.4 is 0 Å². The van der Waals surface area contributed by atoms with Gasteiger partial charge in [0.1, 0.15) is 0 Å². The van der Waals surface area contributed by atoms with Crippen LogP contribution in [0.15, 0.2) is 41.8 Å². The summed E-state index contributed by atoms with van der Waals surface area (Å²) in [5.74, 6) is 0.217. The second-order valence-electron chi connectivity index (χ2n) is 5.59. The SMILES string of the molecule is C=CCCN(CCC)CCCS(=O)(=O)c1cccc(CC)c1. The van der Waals surface area contributed by atoms with Crippen LogP contribution in [0.2, 0.25) is 0 Å². The summed E-state index contributed by atoms with van der Waals surface area (Å²) in [6, 6.07) is 7.31. The second kappa shape index (κ2) is 9.80. The minimum atomic E-state index is -3.17. The normalized spacial score (nSPS) is 11.8. The van der Waals surface area contributed by atoms with Gasteiger partial charge in [-0.3, -0.25) is 0 Å². The van der Waals surface area contributed by atoms with Gasteiger partial charge in [-0.2, -0.15) is 0 Å². The molecule has 0 bridgehead atoms. The van der Waals surface area contributed by atoms with Gasteiger partial charge in [-0.05, 0) is 56.5 Å². The molecule has 0 aliphatic carbocycles. The third-order valence-corrected chi connectivity index (χ3v) is 5.54. The summed E-state index contributed by atoms with van der Waals surface area (Å²) < 4.78 is 24.8. The summed E-state index contributed by atoms with van der Waals surface area (Å²) in [5, 5.41) is 0. The Morgan fingerprint density at radius 1 is 1.18 bits per heavy atom. The first-order valence-electron chi connectivity index (χ1n) is 8.18. The lowest BCUT2D eigenvalue weighted by molar-refractivity contribution is 0.280. The molecule has 0 saturated carbocycles. The van der Waals surface area contributed by atoms with Crippen molar-refractivity contribution in [2.24, 2.45) is 0 Å². The van der Waals surface area contributed by atoms with Crippen LogP contribution in [0.1, 0.15) is 38.7 Å². The first-order valence-corrected chi connectivity index (χ1v) is 9.83. The molecule has 0 fully saturated rings. The van der Waals surface area contributed by atoms with E-state index in [1.54, 1.807) is 12.1 Å². The van der Waals surface area contributed by atoms with Crippen LogP contribution in [-0.4, -0.2) is 38.7 Å². The molecule has 3 nitrogen and oxygen atoms in total. The predicted octanol–water partition coefficient (Wildman–Crippen LogP) is 3.70. The first-order chi connectivity index (χ1) is 10.5. The van der Waals surface area contributed by atoms with Crippen molar-refractivity contribution in [3.05, 3.63) is 42.5 Å². The van der Waals surface area contributed by atoms with Gasteiger partial charge in [-0.1, -0.05) is 32.1 Å². The quantitative estimate of drug-likeness (QED) is 0.583. The van der Waals surface area contributed by atoms with Gasteiger partial charge in [0.25, 0.3) is 0 Å². The summed E-state index contributed by atoms with van der Waals surface area (Å²) in [4.78, 5) is 2.78. The zero-order chi connectivity index (χ0) is 16.4. The fourth-order valence-electron chi connectivity index (χ4n) is 2.48. The van der Waals surface area contributed by atoms with E-state index in [-0.39, 0.29) is 5.75 Å². The topological polar surface area (TPSA) is 37.4 Å². The lowest BCUT2D eigenvalue weighted by Crippen LogP contribution is -2.28. The van der Waals surface area contributed by atoms with Crippen LogP contribution in [0.3, 0.4) is 0 Å². The molecule has 22 heavy (non-hydrogen) atoms. The zero-order valence-electron chi connectivity index (χ0n) is 13.9. The fraction of sp³-hybridized carbons (Fsp3) is 0.556. The van der Waals surface area contributed by atoms with Gasteiger partial charge in [0, 0.05) is 6.54 Å². The smallest absolute Gasteiger partial charge is 0.178 e. The van der Waals surface area contributed by atoms with E-state index in [1.807, 2.05) is 25.1 Å². The Morgan fingerprint density at radius 3 is 2.59 bits per heavy atom. The van der Waals surface area contributed by atoms with Crippen molar-refractivity contribution in [1.29, 1.82) is 0 Å². The summed E-state index contributed by atoms with van der Waals surface area (Å²) in [6.07, 6.45) is 5.48. The number of benzene rings is 1. The number of nitrogens with zero attached hydrogens (tertiary/aromatic N) is 1. The monoisotopic (exact) mass is 323 g/mol. The Bertz CT molecular complexity index is 552. The lowest BCUT2D eigenvalue weighted by Gasteiger charge is -2.20. The van der Waals surface area contributed by atoms with E-state index < -0.39 is 9.84 Å². The summed E-state index contributed by atoms with van der Waals surface area (Å²) >= 11 is 0. The van der Waals surface area contributed by atoms with E-state index in [9.17, 15) is 8.42 Å². The van der Waals surface area contributed by atoms with Crippen LogP contribution in [0.4, 0.5) is 0 Å². The van der Waals surface area contributed by atoms with Gasteiger partial charge in [-0.15, -0.1) is 6.58 Å². The molecule has 0 unspecified atom stereocenters. The maximum absolute atomic E-state index is 12.4. The van der Waals surface area contributed by atoms with E-state index >= 15 is 0 Å². The molecule has 1 aromatic carbocycles. The molecule has 0 radical (unpaired) electrons. The van der Waals surface area contributed by atoms with Crippen LogP contribution in [0.25, 0.3) is 0 Å². The summed E-state index contributed by atoms with van der Waals surface area (Å²) in [7, 11) is -3.17. The summed E-state index contributed by atoms with van der Waals surface area (Å²) in [6.45, 7) is 10.7. The highest BCUT2D eigenvalue weighted by molar-refractivity contribution is 7.91. The van der Waals surface area contributed by atoms with Gasteiger partial charge in [0.05, 0.1) is 10.6 Å². The first kappa shape index (κ1) is 18.9. The second-order valence-corrected chi connectivity index (χ2v) is 7.70. The number of rotatable bonds is 11. The Labute approximate surface area is 136 Å². The molecule has 0 amide bonds. The summed E-state index contributed by atoms with van der Waals surface area (Å²) in [5.41, 5.74) is 1.07. The van der Waals surface area contributed by atoms with E-state index in [4.69, 9.17) is 0 Å². The van der Waals surface area contributed by atoms with Crippen molar-refractivity contribution in [3.8, 4) is 0 Å². The predicted molar refractivity (Wildman–Crippen MR) is 94.0 cm³/mol. The maximum atomic E-state index is 12.4. The number of sulfone groups is 1. The van der Waals surface area contributed by atoms with Crippen molar-refractivity contribution in [2.75, 3.05) is 25.4 Å². The Balaban J connectivity index is 2.58. The van der Waals surface area contributed by atoms with Gasteiger partial charge < -0.3 is 4.90 Å². The highest BCUT2D eigenvalue weighted by atomic mass is 32.2. The molecule has 0 aromatic heterocycles. The molecule has 1 aromatic rings. The minimum Gasteiger partial charge on any atom is -0.303 e. The number of hydrogen-bond acceptors (Lipinski definition) is 3. The standard InChI is InChI=1S/C18H29NO2S/c1-4-7-13-19(12-5-2)14-9-15-22(20,21)18-11-8-10-17(6-3)16-18/h4,8,10-11,16H,1,5-7,9,12-15H2,2-3H3. The van der Waals surface area contributed by atoms with Crippen molar-refractivity contribution >= 4 is 9.84 Å². The average molecular weight is 324 g/mol. The van der Waals surface area contributed by atoms with Crippen molar-refractivity contribution in [1.82, 2.24) is 4.90 Å². The van der Waals surface area contributed by atoms with Gasteiger partial charge >= 0.3 is 0 Å². The third-order valence-electron chi connectivity index (χ3n) is 3.74. The largest absolute Gasteiger partial charge is 0.303 e. The average Bonchev–Trinajstić information content (AvgIpc) is 2.52. The van der Waals surface area contributed by atoms with Gasteiger partial charge in [-0.25, -0.2) is 8.42 Å². The fourth-order valence-corrected chi connectivity index (χ4v) is 3.84. The molecule has 0 N–H and O–H groups in total. The van der Waals surface area contributed by atoms with Crippen LogP contribution in [0, 0.1) is 0 Å². The Hall–Kier alpha value is -1.13. The van der Waals surface area contributed by atoms with Gasteiger partial charge in [0.2, 0.25) is 0 Å². The molecule has 4 heteroatoms. The maximum Gasteiger partial charge on any atom is 0.178 e. The highest BCUT2D eigenvalue weighted by Crippen LogP contribution is 2.15. The van der Waals surface area contributed by atoms with Crippen LogP contribution in [-0.2, 0) is 16.3 Å². The Morgan fingerprint density at radius 2 is 1.95 bits per heavy atom. The lowest BCUT2D eigenvalue weighted by atomic mass is 10.2. The van der Waals surface area contributed by atoms with Crippen molar-refractivity contribution in [2.45, 2.75) is 44.4 Å². The molecule has 0 saturated heterocycles. The number of aryl methyl sites for hydroxylation is 1. The molecule has 124 valence electrons. The molecule has 0 aliphatic rings. The van der Waals surface area contributed by atoms with E-state index in [1.165, 1.54) is 0 Å². The minimum absolute atomic E-state index is 0.217. The van der Waals surface area contributed by atoms with Crippen molar-refractivity contribution < 1.29 is 8.42 Å². The molecule has 0 atom stereocenters. The van der Waals surface area contributed by atoms with Gasteiger partial charge in [0.15, 0.2) is 9.84 Å². The zero-order valence-corrected chi connectivity index (χ0v) is 14.7. The number of hydrogen-bond donors (Lipinski definition) is 0. The van der Waals surface area contributed by atoms with E-state index in [2.05, 4.69) is 18.4 Å². The third kappa shape index (κ3) is 6.32. The molecule has 0 spiro atoms. The molecular formula is C18H29NO2S. The Kier molecular flexibility index (Phi) is 8.43. The van der Waals surface area contributed by atoms with Crippen LogP contribution in [0.5, 0.6) is 0 Å². The van der Waals surface area contributed by atoms with E-state index in [0.29, 0.717) is 11.3 Å².